The summed E-state index contributed by atoms with van der Waals surface area (Å²) in [6, 6.07) is 3.43. The molecule has 2 saturated carbocycles. The van der Waals surface area contributed by atoms with Gasteiger partial charge in [0, 0.05) is 49.5 Å². The topological polar surface area (TPSA) is 50.3 Å². The molecule has 0 radical (unpaired) electrons. The molecule has 24 heavy (non-hydrogen) atoms. The Morgan fingerprint density at radius 1 is 1.21 bits per heavy atom. The summed E-state index contributed by atoms with van der Waals surface area (Å²) in [5.41, 5.74) is 1.52. The summed E-state index contributed by atoms with van der Waals surface area (Å²) in [6.45, 7) is 6.20. The van der Waals surface area contributed by atoms with Crippen molar-refractivity contribution >= 4 is 5.82 Å². The summed E-state index contributed by atoms with van der Waals surface area (Å²) in [6.07, 6.45) is 8.17. The molecule has 0 aromatic carbocycles. The van der Waals surface area contributed by atoms with Gasteiger partial charge in [-0.15, -0.1) is 0 Å². The third-order valence-electron chi connectivity index (χ3n) is 6.56. The normalized spacial score (nSPS) is 29.4. The monoisotopic (exact) mass is 330 g/mol. The number of rotatable bonds is 4. The SMILES string of the molecule is CO[C@@H]1C[C@H](NC2CCN(c3cc(C)nc(C)n3)CC2)C12CCC2. The van der Waals surface area contributed by atoms with Gasteiger partial charge in [-0.1, -0.05) is 6.42 Å². The Balaban J connectivity index is 1.32. The molecule has 132 valence electrons. The van der Waals surface area contributed by atoms with Crippen molar-refractivity contribution in [2.75, 3.05) is 25.1 Å². The number of anilines is 1. The van der Waals surface area contributed by atoms with E-state index in [-0.39, 0.29) is 0 Å². The fraction of sp³-hybridized carbons (Fsp3) is 0.789. The molecule has 0 bridgehead atoms. The molecule has 1 saturated heterocycles. The maximum absolute atomic E-state index is 5.70. The van der Waals surface area contributed by atoms with E-state index in [0.29, 0.717) is 23.6 Å². The van der Waals surface area contributed by atoms with Gasteiger partial charge in [-0.3, -0.25) is 0 Å². The summed E-state index contributed by atoms with van der Waals surface area (Å²) < 4.78 is 5.70. The van der Waals surface area contributed by atoms with Crippen LogP contribution in [0.4, 0.5) is 5.82 Å². The quantitative estimate of drug-likeness (QED) is 0.920. The van der Waals surface area contributed by atoms with Gasteiger partial charge in [0.05, 0.1) is 6.10 Å². The van der Waals surface area contributed by atoms with E-state index in [2.05, 4.69) is 26.3 Å². The maximum Gasteiger partial charge on any atom is 0.132 e. The Hall–Kier alpha value is -1.20. The second kappa shape index (κ2) is 6.26. The van der Waals surface area contributed by atoms with Crippen molar-refractivity contribution in [2.45, 2.75) is 70.6 Å². The lowest BCUT2D eigenvalue weighted by Crippen LogP contribution is -2.68. The van der Waals surface area contributed by atoms with Gasteiger partial charge in [0.15, 0.2) is 0 Å². The van der Waals surface area contributed by atoms with Crippen molar-refractivity contribution in [1.82, 2.24) is 15.3 Å². The fourth-order valence-electron chi connectivity index (χ4n) is 4.99. The molecular formula is C19H30N4O. The van der Waals surface area contributed by atoms with Gasteiger partial charge >= 0.3 is 0 Å². The number of nitrogens with one attached hydrogen (secondary N) is 1. The number of hydrogen-bond acceptors (Lipinski definition) is 5. The first-order valence-corrected chi connectivity index (χ1v) is 9.47. The van der Waals surface area contributed by atoms with Crippen molar-refractivity contribution in [3.63, 3.8) is 0 Å². The van der Waals surface area contributed by atoms with E-state index in [9.17, 15) is 0 Å². The average Bonchev–Trinajstić information content (AvgIpc) is 2.49. The first-order valence-electron chi connectivity index (χ1n) is 9.47. The zero-order valence-corrected chi connectivity index (χ0v) is 15.2. The highest BCUT2D eigenvalue weighted by atomic mass is 16.5. The summed E-state index contributed by atoms with van der Waals surface area (Å²) in [5, 5.41) is 3.97. The number of aromatic nitrogens is 2. The molecule has 0 unspecified atom stereocenters. The van der Waals surface area contributed by atoms with Crippen molar-refractivity contribution in [1.29, 1.82) is 0 Å². The second-order valence-corrected chi connectivity index (χ2v) is 7.94. The molecule has 0 amide bonds. The van der Waals surface area contributed by atoms with E-state index in [1.54, 1.807) is 0 Å². The highest BCUT2D eigenvalue weighted by Gasteiger charge is 2.58. The molecule has 1 spiro atoms. The zero-order chi connectivity index (χ0) is 16.7. The first kappa shape index (κ1) is 16.3. The maximum atomic E-state index is 5.70. The predicted molar refractivity (Wildman–Crippen MR) is 95.4 cm³/mol. The molecule has 3 aliphatic rings. The Morgan fingerprint density at radius 2 is 1.96 bits per heavy atom. The van der Waals surface area contributed by atoms with Crippen LogP contribution in [0.25, 0.3) is 0 Å². The van der Waals surface area contributed by atoms with Crippen LogP contribution < -0.4 is 10.2 Å². The zero-order valence-electron chi connectivity index (χ0n) is 15.2. The van der Waals surface area contributed by atoms with Gasteiger partial charge in [0.25, 0.3) is 0 Å². The summed E-state index contributed by atoms with van der Waals surface area (Å²) in [4.78, 5) is 11.4. The highest BCUT2D eigenvalue weighted by molar-refractivity contribution is 5.40. The number of nitrogens with zero attached hydrogens (tertiary/aromatic N) is 3. The molecule has 2 atom stereocenters. The standard InChI is InChI=1S/C19H30N4O/c1-13-11-18(21-14(2)20-13)23-9-5-15(6-10-23)22-16-12-17(24-3)19(16)7-4-8-19/h11,15-17,22H,4-10,12H2,1-3H3/t16-,17+/m0/s1. The second-order valence-electron chi connectivity index (χ2n) is 7.94. The van der Waals surface area contributed by atoms with E-state index in [4.69, 9.17) is 4.74 Å². The van der Waals surface area contributed by atoms with E-state index in [1.165, 1.54) is 38.5 Å². The van der Waals surface area contributed by atoms with Gasteiger partial charge in [-0.2, -0.15) is 0 Å². The van der Waals surface area contributed by atoms with Crippen LogP contribution in [-0.2, 0) is 4.74 Å². The van der Waals surface area contributed by atoms with Crippen LogP contribution in [-0.4, -0.2) is 48.4 Å². The van der Waals surface area contributed by atoms with Crippen LogP contribution in [0.15, 0.2) is 6.07 Å². The average molecular weight is 330 g/mol. The highest BCUT2D eigenvalue weighted by Crippen LogP contribution is 2.57. The first-order chi connectivity index (χ1) is 11.6. The minimum atomic E-state index is 0.465. The number of aryl methyl sites for hydroxylation is 2. The molecular weight excluding hydrogens is 300 g/mol. The Bertz CT molecular complexity index is 573. The molecule has 5 heteroatoms. The van der Waals surface area contributed by atoms with E-state index in [0.717, 1.165) is 30.4 Å². The number of hydrogen-bond donors (Lipinski definition) is 1. The Kier molecular flexibility index (Phi) is 4.25. The lowest BCUT2D eigenvalue weighted by atomic mass is 9.51. The van der Waals surface area contributed by atoms with Gasteiger partial charge in [-0.05, 0) is 46.0 Å². The van der Waals surface area contributed by atoms with Crippen molar-refractivity contribution in [2.24, 2.45) is 5.41 Å². The number of piperidine rings is 1. The van der Waals surface area contributed by atoms with Crippen LogP contribution >= 0.6 is 0 Å². The summed E-state index contributed by atoms with van der Waals surface area (Å²) in [7, 11) is 1.88. The van der Waals surface area contributed by atoms with Gasteiger partial charge in [0.1, 0.15) is 11.6 Å². The van der Waals surface area contributed by atoms with E-state index < -0.39 is 0 Å². The third kappa shape index (κ3) is 2.72. The fourth-order valence-corrected chi connectivity index (χ4v) is 4.99. The molecule has 5 nitrogen and oxygen atoms in total. The summed E-state index contributed by atoms with van der Waals surface area (Å²) in [5.74, 6) is 1.97. The molecule has 1 aliphatic heterocycles. The predicted octanol–water partition coefficient (Wildman–Crippen LogP) is 2.61. The molecule has 1 N–H and O–H groups in total. The van der Waals surface area contributed by atoms with Crippen LogP contribution in [0.2, 0.25) is 0 Å². The molecule has 1 aromatic heterocycles. The number of methoxy groups -OCH3 is 1. The molecule has 1 aromatic rings. The number of ether oxygens (including phenoxy) is 1. The van der Waals surface area contributed by atoms with Crippen molar-refractivity contribution < 1.29 is 4.74 Å². The smallest absolute Gasteiger partial charge is 0.132 e. The Labute approximate surface area is 145 Å². The van der Waals surface area contributed by atoms with Gasteiger partial charge < -0.3 is 15.0 Å². The van der Waals surface area contributed by atoms with Crippen molar-refractivity contribution in [3.05, 3.63) is 17.6 Å². The van der Waals surface area contributed by atoms with Crippen LogP contribution in [0.5, 0.6) is 0 Å². The lowest BCUT2D eigenvalue weighted by molar-refractivity contribution is -0.164. The van der Waals surface area contributed by atoms with Crippen LogP contribution in [0.1, 0.15) is 50.0 Å². The molecule has 2 heterocycles. The van der Waals surface area contributed by atoms with Gasteiger partial charge in [0.2, 0.25) is 0 Å². The van der Waals surface area contributed by atoms with Gasteiger partial charge in [-0.25, -0.2) is 9.97 Å². The largest absolute Gasteiger partial charge is 0.381 e. The van der Waals surface area contributed by atoms with E-state index in [1.807, 2.05) is 21.0 Å². The van der Waals surface area contributed by atoms with E-state index >= 15 is 0 Å². The molecule has 4 rings (SSSR count). The molecule has 2 aliphatic carbocycles. The summed E-state index contributed by atoms with van der Waals surface area (Å²) >= 11 is 0. The van der Waals surface area contributed by atoms with Crippen LogP contribution in [0, 0.1) is 19.3 Å². The van der Waals surface area contributed by atoms with Crippen LogP contribution in [0.3, 0.4) is 0 Å². The third-order valence-corrected chi connectivity index (χ3v) is 6.56. The lowest BCUT2D eigenvalue weighted by Gasteiger charge is -2.61. The molecule has 3 fully saturated rings. The Morgan fingerprint density at radius 3 is 2.54 bits per heavy atom. The van der Waals surface area contributed by atoms with Crippen molar-refractivity contribution in [3.8, 4) is 0 Å². The minimum absolute atomic E-state index is 0.465. The minimum Gasteiger partial charge on any atom is -0.381 e.